The Kier molecular flexibility index (Phi) is 5.29. The maximum atomic E-state index is 13.6. The molecule has 0 aliphatic heterocycles. The van der Waals surface area contributed by atoms with E-state index < -0.39 is 0 Å². The van der Waals surface area contributed by atoms with Crippen LogP contribution in [0.15, 0.2) is 53.3 Å². The third-order valence-corrected chi connectivity index (χ3v) is 5.35. The van der Waals surface area contributed by atoms with Crippen LogP contribution in [0.3, 0.4) is 0 Å². The number of rotatable bonds is 5. The Morgan fingerprint density at radius 2 is 1.77 bits per heavy atom. The molecule has 0 bridgehead atoms. The SMILES string of the molecule is COc1ccccc1CN(C(=O)c1ccccc1C)c1nc2nc(C)c(C)c(=O)n2[nH]1. The number of aryl methyl sites for hydroxylation is 2. The highest BCUT2D eigenvalue weighted by molar-refractivity contribution is 6.06. The van der Waals surface area contributed by atoms with Crippen molar-refractivity contribution < 1.29 is 9.53 Å². The molecule has 4 aromatic rings. The summed E-state index contributed by atoms with van der Waals surface area (Å²) < 4.78 is 6.73. The van der Waals surface area contributed by atoms with Crippen LogP contribution >= 0.6 is 0 Å². The van der Waals surface area contributed by atoms with E-state index in [1.165, 1.54) is 9.42 Å². The van der Waals surface area contributed by atoms with E-state index in [1.54, 1.807) is 27.0 Å². The summed E-state index contributed by atoms with van der Waals surface area (Å²) in [4.78, 5) is 36.6. The minimum Gasteiger partial charge on any atom is -0.496 e. The van der Waals surface area contributed by atoms with Crippen molar-refractivity contribution in [3.63, 3.8) is 0 Å². The number of methoxy groups -OCH3 is 1. The van der Waals surface area contributed by atoms with Gasteiger partial charge in [0, 0.05) is 22.4 Å². The summed E-state index contributed by atoms with van der Waals surface area (Å²) in [6.45, 7) is 5.55. The molecule has 158 valence electrons. The molecular formula is C23H23N5O3. The number of benzene rings is 2. The van der Waals surface area contributed by atoms with Crippen LogP contribution in [0.5, 0.6) is 5.75 Å². The number of aromatic amines is 1. The lowest BCUT2D eigenvalue weighted by molar-refractivity contribution is 0.0982. The summed E-state index contributed by atoms with van der Waals surface area (Å²) in [6.07, 6.45) is 0. The molecular weight excluding hydrogens is 394 g/mol. The molecule has 4 rings (SSSR count). The molecule has 0 spiro atoms. The van der Waals surface area contributed by atoms with Gasteiger partial charge in [-0.2, -0.15) is 9.50 Å². The first-order valence-corrected chi connectivity index (χ1v) is 9.86. The van der Waals surface area contributed by atoms with E-state index in [2.05, 4.69) is 15.1 Å². The highest BCUT2D eigenvalue weighted by Gasteiger charge is 2.24. The molecule has 0 fully saturated rings. The number of carbonyl (C=O) groups is 1. The molecule has 0 saturated heterocycles. The zero-order chi connectivity index (χ0) is 22.1. The largest absolute Gasteiger partial charge is 0.496 e. The minimum atomic E-state index is -0.248. The number of hydrogen-bond acceptors (Lipinski definition) is 5. The van der Waals surface area contributed by atoms with Gasteiger partial charge in [-0.25, -0.2) is 4.98 Å². The van der Waals surface area contributed by atoms with E-state index in [0.29, 0.717) is 22.6 Å². The van der Waals surface area contributed by atoms with E-state index in [4.69, 9.17) is 4.74 Å². The van der Waals surface area contributed by atoms with Crippen molar-refractivity contribution >= 4 is 17.6 Å². The molecule has 0 aliphatic carbocycles. The quantitative estimate of drug-likeness (QED) is 0.538. The van der Waals surface area contributed by atoms with Crippen molar-refractivity contribution in [2.45, 2.75) is 27.3 Å². The normalized spacial score (nSPS) is 11.0. The van der Waals surface area contributed by atoms with E-state index in [1.807, 2.05) is 49.4 Å². The highest BCUT2D eigenvalue weighted by Crippen LogP contribution is 2.24. The summed E-state index contributed by atoms with van der Waals surface area (Å²) >= 11 is 0. The average Bonchev–Trinajstić information content (AvgIpc) is 3.19. The number of nitrogens with zero attached hydrogens (tertiary/aromatic N) is 4. The van der Waals surface area contributed by atoms with Gasteiger partial charge in [0.05, 0.1) is 13.7 Å². The third kappa shape index (κ3) is 3.68. The van der Waals surface area contributed by atoms with Crippen LogP contribution in [-0.2, 0) is 6.54 Å². The van der Waals surface area contributed by atoms with Crippen LogP contribution in [0.1, 0.15) is 32.7 Å². The highest BCUT2D eigenvalue weighted by atomic mass is 16.5. The van der Waals surface area contributed by atoms with Gasteiger partial charge in [-0.15, -0.1) is 0 Å². The standard InChI is InChI=1S/C23H23N5O3/c1-14-9-5-7-11-18(14)21(30)27(13-17-10-6-8-12-19(17)31-4)23-25-22-24-16(3)15(2)20(29)28(22)26-23/h5-12H,13H2,1-4H3,(H,24,25,26). The molecule has 1 N–H and O–H groups in total. The number of H-pyrrole nitrogens is 1. The van der Waals surface area contributed by atoms with Crippen LogP contribution in [0.25, 0.3) is 5.78 Å². The molecule has 0 atom stereocenters. The molecule has 0 unspecified atom stereocenters. The molecule has 0 radical (unpaired) electrons. The van der Waals surface area contributed by atoms with E-state index in [9.17, 15) is 9.59 Å². The number of hydrogen-bond donors (Lipinski definition) is 1. The van der Waals surface area contributed by atoms with Gasteiger partial charge in [0.2, 0.25) is 5.95 Å². The Balaban J connectivity index is 1.87. The van der Waals surface area contributed by atoms with Gasteiger partial charge in [-0.05, 0) is 38.5 Å². The first-order chi connectivity index (χ1) is 14.9. The fourth-order valence-corrected chi connectivity index (χ4v) is 3.42. The number of carbonyl (C=O) groups excluding carboxylic acids is 1. The molecule has 2 heterocycles. The van der Waals surface area contributed by atoms with Crippen LogP contribution in [0.4, 0.5) is 5.95 Å². The Hall–Kier alpha value is -3.94. The van der Waals surface area contributed by atoms with Crippen LogP contribution in [0, 0.1) is 20.8 Å². The molecule has 8 heteroatoms. The van der Waals surface area contributed by atoms with Crippen molar-refractivity contribution in [3.8, 4) is 5.75 Å². The minimum absolute atomic E-state index is 0.198. The van der Waals surface area contributed by atoms with E-state index in [0.717, 1.165) is 11.1 Å². The third-order valence-electron chi connectivity index (χ3n) is 5.35. The van der Waals surface area contributed by atoms with Gasteiger partial charge < -0.3 is 4.74 Å². The number of ether oxygens (including phenoxy) is 1. The van der Waals surface area contributed by atoms with Crippen molar-refractivity contribution in [1.29, 1.82) is 0 Å². The number of para-hydroxylation sites is 1. The molecule has 8 nitrogen and oxygen atoms in total. The fourth-order valence-electron chi connectivity index (χ4n) is 3.42. The number of fused-ring (bicyclic) bond motifs is 1. The lowest BCUT2D eigenvalue weighted by Crippen LogP contribution is -2.32. The zero-order valence-electron chi connectivity index (χ0n) is 17.8. The smallest absolute Gasteiger partial charge is 0.277 e. The summed E-state index contributed by atoms with van der Waals surface area (Å²) in [6, 6.07) is 14.8. The Morgan fingerprint density at radius 1 is 1.06 bits per heavy atom. The van der Waals surface area contributed by atoms with Crippen LogP contribution < -0.4 is 15.2 Å². The lowest BCUT2D eigenvalue weighted by atomic mass is 10.1. The second kappa shape index (κ2) is 8.06. The Bertz CT molecular complexity index is 1340. The molecule has 0 aliphatic rings. The predicted octanol–water partition coefficient (Wildman–Crippen LogP) is 3.20. The number of amides is 1. The summed E-state index contributed by atoms with van der Waals surface area (Å²) in [7, 11) is 1.59. The topological polar surface area (TPSA) is 92.6 Å². The van der Waals surface area contributed by atoms with Crippen molar-refractivity contribution in [3.05, 3.63) is 86.8 Å². The van der Waals surface area contributed by atoms with Gasteiger partial charge in [0.1, 0.15) is 5.75 Å². The van der Waals surface area contributed by atoms with Gasteiger partial charge in [0.15, 0.2) is 0 Å². The van der Waals surface area contributed by atoms with Gasteiger partial charge >= 0.3 is 0 Å². The zero-order valence-corrected chi connectivity index (χ0v) is 17.8. The maximum absolute atomic E-state index is 13.6. The van der Waals surface area contributed by atoms with Crippen molar-refractivity contribution in [2.24, 2.45) is 0 Å². The second-order valence-electron chi connectivity index (χ2n) is 7.33. The van der Waals surface area contributed by atoms with Crippen molar-refractivity contribution in [2.75, 3.05) is 12.0 Å². The fraction of sp³-hybridized carbons (Fsp3) is 0.217. The van der Waals surface area contributed by atoms with E-state index in [-0.39, 0.29) is 29.7 Å². The summed E-state index contributed by atoms with van der Waals surface area (Å²) in [5, 5.41) is 2.95. The van der Waals surface area contributed by atoms with Crippen LogP contribution in [-0.4, -0.2) is 32.6 Å². The first kappa shape index (κ1) is 20.3. The number of anilines is 1. The lowest BCUT2D eigenvalue weighted by Gasteiger charge is -2.21. The average molecular weight is 417 g/mol. The van der Waals surface area contributed by atoms with Crippen molar-refractivity contribution in [1.82, 2.24) is 19.6 Å². The predicted molar refractivity (Wildman–Crippen MR) is 118 cm³/mol. The van der Waals surface area contributed by atoms with Crippen LogP contribution in [0.2, 0.25) is 0 Å². The molecule has 2 aromatic carbocycles. The van der Waals surface area contributed by atoms with E-state index >= 15 is 0 Å². The summed E-state index contributed by atoms with van der Waals surface area (Å²) in [5.41, 5.74) is 3.07. The molecule has 0 saturated carbocycles. The number of aromatic nitrogens is 4. The Labute approximate surface area is 179 Å². The molecule has 2 aromatic heterocycles. The van der Waals surface area contributed by atoms with Gasteiger partial charge in [0.25, 0.3) is 17.2 Å². The second-order valence-corrected chi connectivity index (χ2v) is 7.33. The number of nitrogens with one attached hydrogen (secondary N) is 1. The first-order valence-electron chi connectivity index (χ1n) is 9.86. The Morgan fingerprint density at radius 3 is 2.52 bits per heavy atom. The monoisotopic (exact) mass is 417 g/mol. The molecule has 1 amide bonds. The van der Waals surface area contributed by atoms with Gasteiger partial charge in [-0.1, -0.05) is 36.4 Å². The maximum Gasteiger partial charge on any atom is 0.277 e. The molecule has 31 heavy (non-hydrogen) atoms. The summed E-state index contributed by atoms with van der Waals surface area (Å²) in [5.74, 6) is 0.854. The van der Waals surface area contributed by atoms with Gasteiger partial charge in [-0.3, -0.25) is 19.6 Å².